The highest BCUT2D eigenvalue weighted by Gasteiger charge is 2.54. The van der Waals surface area contributed by atoms with Gasteiger partial charge in [0.2, 0.25) is 12.5 Å². The molecule has 4 N–H and O–H groups in total. The van der Waals surface area contributed by atoms with Gasteiger partial charge in [-0.05, 0) is 41.0 Å². The van der Waals surface area contributed by atoms with Crippen LogP contribution in [0.2, 0.25) is 0 Å². The molecular formula is C31H35N3O13. The van der Waals surface area contributed by atoms with Crippen molar-refractivity contribution in [2.75, 3.05) is 41.3 Å². The van der Waals surface area contributed by atoms with Crippen LogP contribution >= 0.6 is 0 Å². The molecule has 0 bridgehead atoms. The van der Waals surface area contributed by atoms with E-state index in [4.69, 9.17) is 37.9 Å². The van der Waals surface area contributed by atoms with Crippen LogP contribution < -0.4 is 23.7 Å². The average molecular weight is 658 g/mol. The van der Waals surface area contributed by atoms with Crippen LogP contribution in [0.4, 0.5) is 0 Å². The number of hydrogen-bond acceptors (Lipinski definition) is 15. The third kappa shape index (κ3) is 5.21. The maximum absolute atomic E-state index is 13.5. The minimum absolute atomic E-state index is 0.0510. The number of aromatic nitrogens is 3. The monoisotopic (exact) mass is 657 g/mol. The van der Waals surface area contributed by atoms with E-state index in [1.165, 1.54) is 21.3 Å². The van der Waals surface area contributed by atoms with Gasteiger partial charge in [0.05, 0.1) is 59.3 Å². The molecule has 4 heterocycles. The number of methoxy groups -OCH3 is 3. The van der Waals surface area contributed by atoms with Gasteiger partial charge in [0.15, 0.2) is 29.3 Å². The van der Waals surface area contributed by atoms with Gasteiger partial charge in [0, 0.05) is 11.8 Å². The molecule has 252 valence electrons. The van der Waals surface area contributed by atoms with Gasteiger partial charge >= 0.3 is 5.97 Å². The molecule has 9 atom stereocenters. The zero-order valence-corrected chi connectivity index (χ0v) is 25.7. The van der Waals surface area contributed by atoms with E-state index in [1.54, 1.807) is 10.9 Å². The fourth-order valence-corrected chi connectivity index (χ4v) is 7.04. The van der Waals surface area contributed by atoms with Gasteiger partial charge in [-0.25, -0.2) is 4.68 Å². The van der Waals surface area contributed by atoms with Gasteiger partial charge in [0.1, 0.15) is 30.1 Å². The second-order valence-corrected chi connectivity index (χ2v) is 11.7. The first-order valence-electron chi connectivity index (χ1n) is 15.0. The van der Waals surface area contributed by atoms with Crippen molar-refractivity contribution in [3.63, 3.8) is 0 Å². The first-order chi connectivity index (χ1) is 22.8. The summed E-state index contributed by atoms with van der Waals surface area (Å²) in [6.45, 7) is -0.586. The van der Waals surface area contributed by atoms with Gasteiger partial charge in [-0.3, -0.25) is 4.79 Å². The van der Waals surface area contributed by atoms with E-state index in [9.17, 15) is 25.2 Å². The fourth-order valence-electron chi connectivity index (χ4n) is 7.04. The maximum atomic E-state index is 13.5. The number of cyclic esters (lactones) is 1. The summed E-state index contributed by atoms with van der Waals surface area (Å²) in [6, 6.07) is 6.90. The summed E-state index contributed by atoms with van der Waals surface area (Å²) in [6.07, 6.45) is -5.45. The van der Waals surface area contributed by atoms with E-state index in [2.05, 4.69) is 10.3 Å². The van der Waals surface area contributed by atoms with Crippen LogP contribution in [0, 0.1) is 11.8 Å². The molecule has 1 aliphatic carbocycles. The number of esters is 1. The molecule has 16 heteroatoms. The largest absolute Gasteiger partial charge is 0.493 e. The number of aliphatic hydroxyl groups excluding tert-OH is 4. The van der Waals surface area contributed by atoms with Crippen molar-refractivity contribution in [3.8, 4) is 28.7 Å². The van der Waals surface area contributed by atoms with Crippen LogP contribution in [0.15, 0.2) is 30.5 Å². The van der Waals surface area contributed by atoms with E-state index in [0.29, 0.717) is 34.4 Å². The summed E-state index contributed by atoms with van der Waals surface area (Å²) in [5, 5.41) is 48.7. The third-order valence-corrected chi connectivity index (χ3v) is 9.28. The van der Waals surface area contributed by atoms with E-state index in [0.717, 1.165) is 16.7 Å². The number of hydrogen-bond donors (Lipinski definition) is 4. The van der Waals surface area contributed by atoms with Crippen LogP contribution in [-0.4, -0.2) is 113 Å². The number of nitrogens with zero attached hydrogens (tertiary/aromatic N) is 3. The van der Waals surface area contributed by atoms with Gasteiger partial charge in [-0.1, -0.05) is 5.21 Å². The van der Waals surface area contributed by atoms with Gasteiger partial charge in [-0.2, -0.15) is 0 Å². The highest BCUT2D eigenvalue weighted by atomic mass is 16.7. The lowest BCUT2D eigenvalue weighted by molar-refractivity contribution is -0.304. The number of aliphatic hydroxyl groups is 4. The molecule has 3 aromatic rings. The third-order valence-electron chi connectivity index (χ3n) is 9.28. The van der Waals surface area contributed by atoms with Crippen molar-refractivity contribution in [2.24, 2.45) is 11.8 Å². The highest BCUT2D eigenvalue weighted by molar-refractivity contribution is 5.79. The van der Waals surface area contributed by atoms with Gasteiger partial charge in [0.25, 0.3) is 0 Å². The Morgan fingerprint density at radius 3 is 2.28 bits per heavy atom. The lowest BCUT2D eigenvalue weighted by atomic mass is 9.65. The first-order valence-corrected chi connectivity index (χ1v) is 15.0. The highest BCUT2D eigenvalue weighted by Crippen LogP contribution is 2.56. The Morgan fingerprint density at radius 2 is 1.62 bits per heavy atom. The molecule has 0 radical (unpaired) electrons. The average Bonchev–Trinajstić information content (AvgIpc) is 3.84. The van der Waals surface area contributed by atoms with Gasteiger partial charge in [-0.15, -0.1) is 5.10 Å². The summed E-state index contributed by atoms with van der Waals surface area (Å²) in [5.41, 5.74) is 2.72. The number of ether oxygens (including phenoxy) is 8. The maximum Gasteiger partial charge on any atom is 0.310 e. The Morgan fingerprint density at radius 1 is 0.915 bits per heavy atom. The molecule has 0 unspecified atom stereocenters. The predicted octanol–water partition coefficient (Wildman–Crippen LogP) is -0.127. The molecule has 4 aliphatic rings. The zero-order valence-electron chi connectivity index (χ0n) is 25.7. The Kier molecular flexibility index (Phi) is 8.32. The smallest absolute Gasteiger partial charge is 0.310 e. The van der Waals surface area contributed by atoms with Crippen molar-refractivity contribution in [2.45, 2.75) is 49.3 Å². The SMILES string of the molecule is COc1cc([C@@H]2c3cc4c(cc3[C@@H](n3cc(CO[C@@H]5O[C@H](CO)[C@@H](O)[C@H](O)[C@@H]5O)nn3)[C@H]3COC(=O)[C@H]23)OCO4)cc(OC)c1OC. The van der Waals surface area contributed by atoms with Crippen LogP contribution in [0.3, 0.4) is 0 Å². The summed E-state index contributed by atoms with van der Waals surface area (Å²) < 4.78 is 46.8. The van der Waals surface area contributed by atoms with Crippen LogP contribution in [0.5, 0.6) is 28.7 Å². The zero-order chi connectivity index (χ0) is 33.0. The quantitative estimate of drug-likeness (QED) is 0.222. The Hall–Kier alpha value is -4.19. The molecule has 0 spiro atoms. The van der Waals surface area contributed by atoms with E-state index in [1.807, 2.05) is 24.3 Å². The van der Waals surface area contributed by atoms with Crippen molar-refractivity contribution in [1.82, 2.24) is 15.0 Å². The Bertz CT molecular complexity index is 1620. The number of rotatable bonds is 9. The molecule has 3 aliphatic heterocycles. The van der Waals surface area contributed by atoms with Crippen LogP contribution in [-0.2, 0) is 25.6 Å². The number of carbonyl (C=O) groups is 1. The summed E-state index contributed by atoms with van der Waals surface area (Å²) in [7, 11) is 4.58. The second-order valence-electron chi connectivity index (χ2n) is 11.7. The molecule has 2 aromatic carbocycles. The molecule has 2 fully saturated rings. The van der Waals surface area contributed by atoms with Crippen molar-refractivity contribution >= 4 is 5.97 Å². The lowest BCUT2D eigenvalue weighted by Crippen LogP contribution is -2.59. The topological polar surface area (TPSA) is 203 Å². The number of fused-ring (bicyclic) bond motifs is 3. The molecule has 0 saturated carbocycles. The number of carbonyl (C=O) groups excluding carboxylic acids is 1. The predicted molar refractivity (Wildman–Crippen MR) is 155 cm³/mol. The molecule has 47 heavy (non-hydrogen) atoms. The standard InChI is InChI=1S/C31H35N3O13/c1-40-20-4-13(5-21(41-2)29(20)42-3)23-15-6-18-19(46-12-45-18)7-16(15)25(17-11-43-30(39)24(17)23)34-8-14(32-33-34)10-44-31-28(38)27(37)26(36)22(9-35)47-31/h4-8,17,22-28,31,35-38H,9-12H2,1-3H3/t17-,22+,23+,24-,25+,26+,27-,28-,31+/m0/s1. The van der Waals surface area contributed by atoms with E-state index < -0.39 is 55.2 Å². The summed E-state index contributed by atoms with van der Waals surface area (Å²) in [5.74, 6) is 0.530. The lowest BCUT2D eigenvalue weighted by Gasteiger charge is -2.39. The summed E-state index contributed by atoms with van der Waals surface area (Å²) in [4.78, 5) is 13.5. The van der Waals surface area contributed by atoms with Crippen molar-refractivity contribution < 1.29 is 63.1 Å². The fraction of sp³-hybridized carbons (Fsp3) is 0.516. The van der Waals surface area contributed by atoms with E-state index >= 15 is 0 Å². The van der Waals surface area contributed by atoms with Crippen molar-refractivity contribution in [3.05, 3.63) is 52.8 Å². The Labute approximate surface area is 268 Å². The minimum Gasteiger partial charge on any atom is -0.493 e. The molecule has 0 amide bonds. The van der Waals surface area contributed by atoms with E-state index in [-0.39, 0.29) is 31.9 Å². The molecule has 2 saturated heterocycles. The second kappa shape index (κ2) is 12.4. The molecule has 7 rings (SSSR count). The van der Waals surface area contributed by atoms with Crippen molar-refractivity contribution in [1.29, 1.82) is 0 Å². The molecule has 1 aromatic heterocycles. The normalized spacial score (nSPS) is 30.8. The minimum atomic E-state index is -1.58. The number of benzene rings is 2. The molecular weight excluding hydrogens is 622 g/mol. The van der Waals surface area contributed by atoms with Crippen LogP contribution in [0.25, 0.3) is 0 Å². The first kappa shape index (κ1) is 31.4. The Balaban J connectivity index is 1.26. The molecule has 16 nitrogen and oxygen atoms in total. The van der Waals surface area contributed by atoms with Crippen LogP contribution in [0.1, 0.15) is 34.3 Å². The summed E-state index contributed by atoms with van der Waals surface area (Å²) >= 11 is 0. The van der Waals surface area contributed by atoms with Gasteiger partial charge < -0.3 is 58.3 Å².